The predicted molar refractivity (Wildman–Crippen MR) is 85.2 cm³/mol. The van der Waals surface area contributed by atoms with Crippen LogP contribution in [-0.4, -0.2) is 11.0 Å². The van der Waals surface area contributed by atoms with Crippen LogP contribution in [0.3, 0.4) is 0 Å². The second-order valence-corrected chi connectivity index (χ2v) is 5.94. The van der Waals surface area contributed by atoms with Crippen molar-refractivity contribution in [2.24, 2.45) is 0 Å². The van der Waals surface area contributed by atoms with Crippen molar-refractivity contribution in [3.05, 3.63) is 29.0 Å². The molecule has 19 heavy (non-hydrogen) atoms. The minimum atomic E-state index is 0.503. The summed E-state index contributed by atoms with van der Waals surface area (Å²) in [5.41, 5.74) is 6.61. The topological polar surface area (TPSA) is 27.8 Å². The molecule has 0 radical (unpaired) electrons. The molecular weight excluding hydrogens is 232 g/mol. The van der Waals surface area contributed by atoms with Crippen LogP contribution in [0.1, 0.15) is 56.9 Å². The molecule has 1 aromatic heterocycles. The highest BCUT2D eigenvalue weighted by Gasteiger charge is 2.15. The van der Waals surface area contributed by atoms with E-state index in [0.29, 0.717) is 12.0 Å². The standard InChI is InChI=1S/C17H26N2/c1-7-11(4)18-15-9-8-14(10(2)3)17-16(15)12(5)13(6)19-17/h8-11,18-19H,7H2,1-6H3. The molecule has 1 unspecified atom stereocenters. The Hall–Kier alpha value is -1.44. The number of benzene rings is 1. The summed E-state index contributed by atoms with van der Waals surface area (Å²) in [7, 11) is 0. The molecule has 0 aliphatic carbocycles. The molecule has 0 spiro atoms. The second-order valence-electron chi connectivity index (χ2n) is 5.94. The van der Waals surface area contributed by atoms with E-state index in [9.17, 15) is 0 Å². The molecule has 2 rings (SSSR count). The molecular formula is C17H26N2. The Balaban J connectivity index is 2.64. The maximum absolute atomic E-state index is 3.63. The van der Waals surface area contributed by atoms with Gasteiger partial charge in [-0.25, -0.2) is 0 Å². The lowest BCUT2D eigenvalue weighted by molar-refractivity contribution is 0.765. The first-order valence-corrected chi connectivity index (χ1v) is 7.34. The SMILES string of the molecule is CCC(C)Nc1ccc(C(C)C)c2[nH]c(C)c(C)c12. The van der Waals surface area contributed by atoms with Gasteiger partial charge in [0.25, 0.3) is 0 Å². The Bertz CT molecular complexity index is 578. The van der Waals surface area contributed by atoms with Crippen LogP contribution >= 0.6 is 0 Å². The number of H-pyrrole nitrogens is 1. The molecule has 0 bridgehead atoms. The largest absolute Gasteiger partial charge is 0.382 e. The van der Waals surface area contributed by atoms with Gasteiger partial charge in [-0.15, -0.1) is 0 Å². The summed E-state index contributed by atoms with van der Waals surface area (Å²) in [5.74, 6) is 0.539. The van der Waals surface area contributed by atoms with Crippen LogP contribution in [-0.2, 0) is 0 Å². The second kappa shape index (κ2) is 5.28. The zero-order valence-electron chi connectivity index (χ0n) is 13.0. The van der Waals surface area contributed by atoms with E-state index < -0.39 is 0 Å². The molecule has 2 aromatic rings. The van der Waals surface area contributed by atoms with Gasteiger partial charge in [-0.3, -0.25) is 0 Å². The van der Waals surface area contributed by atoms with E-state index in [0.717, 1.165) is 6.42 Å². The monoisotopic (exact) mass is 258 g/mol. The van der Waals surface area contributed by atoms with Crippen LogP contribution in [0, 0.1) is 13.8 Å². The molecule has 2 nitrogen and oxygen atoms in total. The lowest BCUT2D eigenvalue weighted by Gasteiger charge is -2.17. The van der Waals surface area contributed by atoms with E-state index in [2.05, 4.69) is 64.0 Å². The number of aryl methyl sites for hydroxylation is 2. The van der Waals surface area contributed by atoms with Crippen molar-refractivity contribution >= 4 is 16.6 Å². The third-order valence-electron chi connectivity index (χ3n) is 4.12. The van der Waals surface area contributed by atoms with Gasteiger partial charge in [0.1, 0.15) is 0 Å². The fourth-order valence-corrected chi connectivity index (χ4v) is 2.58. The van der Waals surface area contributed by atoms with Crippen LogP contribution in [0.25, 0.3) is 10.9 Å². The van der Waals surface area contributed by atoms with Crippen molar-refractivity contribution in [2.45, 2.75) is 59.9 Å². The summed E-state index contributed by atoms with van der Waals surface area (Å²) in [6.07, 6.45) is 1.13. The molecule has 0 aliphatic rings. The van der Waals surface area contributed by atoms with Crippen molar-refractivity contribution < 1.29 is 0 Å². The van der Waals surface area contributed by atoms with Crippen molar-refractivity contribution in [1.82, 2.24) is 4.98 Å². The summed E-state index contributed by atoms with van der Waals surface area (Å²) in [6.45, 7) is 13.3. The summed E-state index contributed by atoms with van der Waals surface area (Å²) >= 11 is 0. The average molecular weight is 258 g/mol. The smallest absolute Gasteiger partial charge is 0.0514 e. The first kappa shape index (κ1) is 14.0. The van der Waals surface area contributed by atoms with Gasteiger partial charge in [-0.1, -0.05) is 26.8 Å². The van der Waals surface area contributed by atoms with Crippen molar-refractivity contribution in [3.63, 3.8) is 0 Å². The Kier molecular flexibility index (Phi) is 3.88. The fraction of sp³-hybridized carbons (Fsp3) is 0.529. The predicted octanol–water partition coefficient (Wildman–Crippen LogP) is 5.12. The highest BCUT2D eigenvalue weighted by molar-refractivity contribution is 5.98. The van der Waals surface area contributed by atoms with Crippen LogP contribution < -0.4 is 5.32 Å². The Morgan fingerprint density at radius 3 is 2.42 bits per heavy atom. The van der Waals surface area contributed by atoms with E-state index in [1.165, 1.54) is 33.4 Å². The van der Waals surface area contributed by atoms with Crippen molar-refractivity contribution in [3.8, 4) is 0 Å². The summed E-state index contributed by atoms with van der Waals surface area (Å²) in [6, 6.07) is 5.00. The number of aromatic nitrogens is 1. The zero-order valence-corrected chi connectivity index (χ0v) is 13.0. The number of aromatic amines is 1. The van der Waals surface area contributed by atoms with E-state index in [-0.39, 0.29) is 0 Å². The maximum atomic E-state index is 3.63. The lowest BCUT2D eigenvalue weighted by Crippen LogP contribution is -2.13. The van der Waals surface area contributed by atoms with Gasteiger partial charge in [0.2, 0.25) is 0 Å². The minimum absolute atomic E-state index is 0.503. The molecule has 2 heteroatoms. The van der Waals surface area contributed by atoms with E-state index in [1.807, 2.05) is 0 Å². The van der Waals surface area contributed by atoms with Crippen LogP contribution in [0.2, 0.25) is 0 Å². The van der Waals surface area contributed by atoms with Gasteiger partial charge in [0, 0.05) is 22.8 Å². The number of hydrogen-bond donors (Lipinski definition) is 2. The fourth-order valence-electron chi connectivity index (χ4n) is 2.58. The lowest BCUT2D eigenvalue weighted by atomic mass is 9.98. The Morgan fingerprint density at radius 1 is 1.16 bits per heavy atom. The molecule has 1 heterocycles. The van der Waals surface area contributed by atoms with Gasteiger partial charge in [-0.2, -0.15) is 0 Å². The van der Waals surface area contributed by atoms with Gasteiger partial charge < -0.3 is 10.3 Å². The van der Waals surface area contributed by atoms with Crippen molar-refractivity contribution in [1.29, 1.82) is 0 Å². The third-order valence-corrected chi connectivity index (χ3v) is 4.12. The zero-order chi connectivity index (χ0) is 14.2. The molecule has 0 fully saturated rings. The quantitative estimate of drug-likeness (QED) is 0.782. The first-order valence-electron chi connectivity index (χ1n) is 7.34. The normalized spacial score (nSPS) is 13.2. The maximum Gasteiger partial charge on any atom is 0.0514 e. The molecule has 104 valence electrons. The van der Waals surface area contributed by atoms with E-state index >= 15 is 0 Å². The number of hydrogen-bond acceptors (Lipinski definition) is 1. The summed E-state index contributed by atoms with van der Waals surface area (Å²) in [5, 5.41) is 5.00. The first-order chi connectivity index (χ1) is 8.95. The number of nitrogens with one attached hydrogen (secondary N) is 2. The Morgan fingerprint density at radius 2 is 1.84 bits per heavy atom. The number of rotatable bonds is 4. The molecule has 0 saturated carbocycles. The van der Waals surface area contributed by atoms with Gasteiger partial charge >= 0.3 is 0 Å². The van der Waals surface area contributed by atoms with E-state index in [1.54, 1.807) is 0 Å². The molecule has 0 saturated heterocycles. The van der Waals surface area contributed by atoms with Gasteiger partial charge in [0.15, 0.2) is 0 Å². The number of fused-ring (bicyclic) bond motifs is 1. The van der Waals surface area contributed by atoms with Crippen LogP contribution in [0.4, 0.5) is 5.69 Å². The average Bonchev–Trinajstić information content (AvgIpc) is 2.66. The summed E-state index contributed by atoms with van der Waals surface area (Å²) < 4.78 is 0. The highest BCUT2D eigenvalue weighted by Crippen LogP contribution is 2.34. The van der Waals surface area contributed by atoms with E-state index in [4.69, 9.17) is 0 Å². The van der Waals surface area contributed by atoms with Crippen LogP contribution in [0.15, 0.2) is 12.1 Å². The van der Waals surface area contributed by atoms with Crippen LogP contribution in [0.5, 0.6) is 0 Å². The summed E-state index contributed by atoms with van der Waals surface area (Å²) in [4.78, 5) is 3.57. The number of anilines is 1. The Labute approximate surface area is 116 Å². The third kappa shape index (κ3) is 2.49. The molecule has 0 aliphatic heterocycles. The minimum Gasteiger partial charge on any atom is -0.382 e. The molecule has 0 amide bonds. The molecule has 1 atom stereocenters. The van der Waals surface area contributed by atoms with Gasteiger partial charge in [-0.05, 0) is 50.3 Å². The molecule has 2 N–H and O–H groups in total. The molecule has 1 aromatic carbocycles. The van der Waals surface area contributed by atoms with Gasteiger partial charge in [0.05, 0.1) is 5.52 Å². The highest BCUT2D eigenvalue weighted by atomic mass is 14.9. The van der Waals surface area contributed by atoms with Crippen molar-refractivity contribution in [2.75, 3.05) is 5.32 Å².